The van der Waals surface area contributed by atoms with Gasteiger partial charge in [-0.3, -0.25) is 4.79 Å². The van der Waals surface area contributed by atoms with Gasteiger partial charge in [0.2, 0.25) is 5.91 Å². The summed E-state index contributed by atoms with van der Waals surface area (Å²) in [5.74, 6) is 0.154. The van der Waals surface area contributed by atoms with Crippen LogP contribution in [0.1, 0.15) is 38.3 Å². The Bertz CT molecular complexity index is 386. The molecule has 4 heteroatoms. The van der Waals surface area contributed by atoms with E-state index >= 15 is 0 Å². The van der Waals surface area contributed by atoms with Crippen LogP contribution < -0.4 is 10.6 Å². The van der Waals surface area contributed by atoms with Gasteiger partial charge in [0, 0.05) is 31.5 Å². The molecule has 1 aromatic heterocycles. The molecule has 4 nitrogen and oxygen atoms in total. The van der Waals surface area contributed by atoms with Crippen LogP contribution in [0.5, 0.6) is 0 Å². The van der Waals surface area contributed by atoms with Crippen molar-refractivity contribution in [3.8, 4) is 0 Å². The highest BCUT2D eigenvalue weighted by molar-refractivity contribution is 5.81. The van der Waals surface area contributed by atoms with Crippen molar-refractivity contribution < 1.29 is 4.79 Å². The molecule has 2 rings (SSSR count). The second-order valence-corrected chi connectivity index (χ2v) is 4.91. The van der Waals surface area contributed by atoms with Crippen molar-refractivity contribution in [2.45, 2.75) is 51.7 Å². The van der Waals surface area contributed by atoms with E-state index in [1.807, 2.05) is 0 Å². The molecule has 1 unspecified atom stereocenters. The van der Waals surface area contributed by atoms with E-state index in [9.17, 15) is 4.79 Å². The lowest BCUT2D eigenvalue weighted by Crippen LogP contribution is -2.42. The van der Waals surface area contributed by atoms with Crippen molar-refractivity contribution in [3.63, 3.8) is 0 Å². The van der Waals surface area contributed by atoms with Gasteiger partial charge in [0.15, 0.2) is 0 Å². The van der Waals surface area contributed by atoms with Crippen molar-refractivity contribution in [2.24, 2.45) is 0 Å². The first kappa shape index (κ1) is 13.1. The Labute approximate surface area is 109 Å². The van der Waals surface area contributed by atoms with Crippen LogP contribution in [-0.4, -0.2) is 23.1 Å². The molecule has 100 valence electrons. The summed E-state index contributed by atoms with van der Waals surface area (Å²) in [7, 11) is 0. The zero-order chi connectivity index (χ0) is 12.8. The van der Waals surface area contributed by atoms with E-state index in [0.717, 1.165) is 45.3 Å². The molecule has 18 heavy (non-hydrogen) atoms. The molecule has 1 aliphatic heterocycles. The maximum Gasteiger partial charge on any atom is 0.237 e. The highest BCUT2D eigenvalue weighted by Gasteiger charge is 2.19. The van der Waals surface area contributed by atoms with E-state index < -0.39 is 0 Å². The van der Waals surface area contributed by atoms with Gasteiger partial charge >= 0.3 is 0 Å². The summed E-state index contributed by atoms with van der Waals surface area (Å²) in [4.78, 5) is 11.8. The average molecular weight is 249 g/mol. The molecule has 0 saturated carbocycles. The van der Waals surface area contributed by atoms with E-state index in [1.54, 1.807) is 0 Å². The van der Waals surface area contributed by atoms with Crippen LogP contribution in [0, 0.1) is 0 Å². The molecule has 1 amide bonds. The lowest BCUT2D eigenvalue weighted by atomic mass is 10.1. The Morgan fingerprint density at radius 3 is 3.22 bits per heavy atom. The monoisotopic (exact) mass is 249 g/mol. The Balaban J connectivity index is 1.89. The number of hydrogen-bond acceptors (Lipinski definition) is 2. The van der Waals surface area contributed by atoms with Crippen molar-refractivity contribution in [3.05, 3.63) is 24.0 Å². The van der Waals surface area contributed by atoms with E-state index in [4.69, 9.17) is 0 Å². The predicted molar refractivity (Wildman–Crippen MR) is 72.2 cm³/mol. The molecule has 0 radical (unpaired) electrons. The lowest BCUT2D eigenvalue weighted by Gasteiger charge is -2.16. The summed E-state index contributed by atoms with van der Waals surface area (Å²) in [6, 6.07) is 4.16. The van der Waals surface area contributed by atoms with Gasteiger partial charge in [0.05, 0.1) is 6.04 Å². The number of aryl methyl sites for hydroxylation is 1. The van der Waals surface area contributed by atoms with E-state index in [0.29, 0.717) is 0 Å². The number of rotatable bonds is 5. The highest BCUT2D eigenvalue weighted by Crippen LogP contribution is 2.08. The van der Waals surface area contributed by atoms with Crippen LogP contribution >= 0.6 is 0 Å². The zero-order valence-electron chi connectivity index (χ0n) is 11.1. The zero-order valence-corrected chi connectivity index (χ0v) is 11.1. The second-order valence-electron chi connectivity index (χ2n) is 4.91. The molecule has 0 aliphatic carbocycles. The molecule has 0 aromatic carbocycles. The van der Waals surface area contributed by atoms with Crippen LogP contribution in [0.25, 0.3) is 0 Å². The minimum Gasteiger partial charge on any atom is -0.355 e. The maximum atomic E-state index is 11.8. The fourth-order valence-electron chi connectivity index (χ4n) is 2.43. The Kier molecular flexibility index (Phi) is 4.81. The van der Waals surface area contributed by atoms with Gasteiger partial charge in [0.1, 0.15) is 0 Å². The first-order chi connectivity index (χ1) is 8.81. The molecule has 2 heterocycles. The minimum atomic E-state index is -0.0301. The lowest BCUT2D eigenvalue weighted by molar-refractivity contribution is -0.122. The standard InChI is InChI=1S/C14H23N3O/c1-2-9-17-10-5-6-12(17)11-16-13-7-3-4-8-15-14(13)18/h5-6,10,13,16H,2-4,7-9,11H2,1H3,(H,15,18). The van der Waals surface area contributed by atoms with Crippen LogP contribution in [-0.2, 0) is 17.9 Å². The van der Waals surface area contributed by atoms with Crippen molar-refractivity contribution >= 4 is 5.91 Å². The van der Waals surface area contributed by atoms with Crippen LogP contribution in [0.15, 0.2) is 18.3 Å². The summed E-state index contributed by atoms with van der Waals surface area (Å²) in [5, 5.41) is 6.34. The molecule has 1 saturated heterocycles. The molecule has 0 bridgehead atoms. The Hall–Kier alpha value is -1.29. The summed E-state index contributed by atoms with van der Waals surface area (Å²) in [6.07, 6.45) is 6.39. The van der Waals surface area contributed by atoms with Gasteiger partial charge in [-0.2, -0.15) is 0 Å². The van der Waals surface area contributed by atoms with Crippen molar-refractivity contribution in [2.75, 3.05) is 6.54 Å². The first-order valence-electron chi connectivity index (χ1n) is 6.96. The first-order valence-corrected chi connectivity index (χ1v) is 6.96. The fraction of sp³-hybridized carbons (Fsp3) is 0.643. The molecular weight excluding hydrogens is 226 g/mol. The van der Waals surface area contributed by atoms with Crippen LogP contribution in [0.2, 0.25) is 0 Å². The van der Waals surface area contributed by atoms with Crippen LogP contribution in [0.3, 0.4) is 0 Å². The number of hydrogen-bond donors (Lipinski definition) is 2. The normalized spacial score (nSPS) is 20.5. The third-order valence-electron chi connectivity index (χ3n) is 3.45. The summed E-state index contributed by atoms with van der Waals surface area (Å²) < 4.78 is 2.25. The van der Waals surface area contributed by atoms with Gasteiger partial charge in [0.25, 0.3) is 0 Å². The molecule has 1 atom stereocenters. The molecule has 2 N–H and O–H groups in total. The Morgan fingerprint density at radius 1 is 1.50 bits per heavy atom. The second kappa shape index (κ2) is 6.59. The van der Waals surface area contributed by atoms with Gasteiger partial charge in [-0.25, -0.2) is 0 Å². The third kappa shape index (κ3) is 3.35. The molecule has 1 aliphatic rings. The van der Waals surface area contributed by atoms with Gasteiger partial charge < -0.3 is 15.2 Å². The number of carbonyl (C=O) groups excluding carboxylic acids is 1. The van der Waals surface area contributed by atoms with Gasteiger partial charge in [-0.1, -0.05) is 6.92 Å². The number of nitrogens with zero attached hydrogens (tertiary/aromatic N) is 1. The number of amides is 1. The van der Waals surface area contributed by atoms with Gasteiger partial charge in [-0.15, -0.1) is 0 Å². The van der Waals surface area contributed by atoms with Crippen LogP contribution in [0.4, 0.5) is 0 Å². The fourth-order valence-corrected chi connectivity index (χ4v) is 2.43. The molecule has 0 spiro atoms. The largest absolute Gasteiger partial charge is 0.355 e. The van der Waals surface area contributed by atoms with Gasteiger partial charge in [-0.05, 0) is 37.8 Å². The maximum absolute atomic E-state index is 11.8. The number of carbonyl (C=O) groups is 1. The molecular formula is C14H23N3O. The van der Waals surface area contributed by atoms with E-state index in [-0.39, 0.29) is 11.9 Å². The third-order valence-corrected chi connectivity index (χ3v) is 3.45. The SMILES string of the molecule is CCCn1cccc1CNC1CCCCNC1=O. The highest BCUT2D eigenvalue weighted by atomic mass is 16.2. The summed E-state index contributed by atoms with van der Waals surface area (Å²) in [5.41, 5.74) is 1.26. The average Bonchev–Trinajstić information content (AvgIpc) is 2.70. The predicted octanol–water partition coefficient (Wildman–Crippen LogP) is 1.66. The topological polar surface area (TPSA) is 46.1 Å². The quantitative estimate of drug-likeness (QED) is 0.833. The van der Waals surface area contributed by atoms with E-state index in [1.165, 1.54) is 5.69 Å². The van der Waals surface area contributed by atoms with E-state index in [2.05, 4.69) is 40.5 Å². The summed E-state index contributed by atoms with van der Waals surface area (Å²) >= 11 is 0. The summed E-state index contributed by atoms with van der Waals surface area (Å²) in [6.45, 7) is 4.81. The molecule has 1 aromatic rings. The van der Waals surface area contributed by atoms with Crippen molar-refractivity contribution in [1.82, 2.24) is 15.2 Å². The molecule has 1 fully saturated rings. The number of nitrogens with one attached hydrogen (secondary N) is 2. The minimum absolute atomic E-state index is 0.0301. The van der Waals surface area contributed by atoms with Crippen molar-refractivity contribution in [1.29, 1.82) is 0 Å². The number of aromatic nitrogens is 1. The smallest absolute Gasteiger partial charge is 0.237 e. The Morgan fingerprint density at radius 2 is 2.39 bits per heavy atom.